The zero-order chi connectivity index (χ0) is 12.6. The van der Waals surface area contributed by atoms with E-state index >= 15 is 0 Å². The second-order valence-corrected chi connectivity index (χ2v) is 3.49. The van der Waals surface area contributed by atoms with Crippen LogP contribution in [0.15, 0.2) is 0 Å². The molecule has 1 aliphatic rings. The number of alkyl halides is 5. The molecule has 1 heterocycles. The van der Waals surface area contributed by atoms with Crippen LogP contribution < -0.4 is 0 Å². The highest BCUT2D eigenvalue weighted by Gasteiger charge is 2.65. The lowest BCUT2D eigenvalue weighted by Gasteiger charge is -2.35. The first kappa shape index (κ1) is 13.1. The van der Waals surface area contributed by atoms with E-state index in [-0.39, 0.29) is 19.8 Å². The standard InChI is InChI=1S/C8H10F5NO2/c1-5-4-16-3-2-14(5)6(15)7(9,10)8(11,12)13/h5H,2-4H2,1H3/t5-/m1/s1. The van der Waals surface area contributed by atoms with E-state index in [0.717, 1.165) is 0 Å². The summed E-state index contributed by atoms with van der Waals surface area (Å²) in [5.74, 6) is -7.55. The van der Waals surface area contributed by atoms with Crippen molar-refractivity contribution in [2.45, 2.75) is 25.1 Å². The van der Waals surface area contributed by atoms with Crippen LogP contribution in [-0.2, 0) is 9.53 Å². The van der Waals surface area contributed by atoms with Crippen molar-refractivity contribution in [1.82, 2.24) is 4.90 Å². The Bertz CT molecular complexity index is 278. The van der Waals surface area contributed by atoms with Gasteiger partial charge in [0.2, 0.25) is 0 Å². The van der Waals surface area contributed by atoms with Crippen LogP contribution in [-0.4, -0.2) is 48.7 Å². The van der Waals surface area contributed by atoms with Gasteiger partial charge in [0, 0.05) is 6.54 Å². The van der Waals surface area contributed by atoms with Crippen LogP contribution >= 0.6 is 0 Å². The molecule has 1 rings (SSSR count). The van der Waals surface area contributed by atoms with E-state index in [2.05, 4.69) is 0 Å². The molecule has 8 heteroatoms. The SMILES string of the molecule is C[C@@H]1COCCN1C(=O)C(F)(F)C(F)(F)F. The number of ether oxygens (including phenoxy) is 1. The van der Waals surface area contributed by atoms with Gasteiger partial charge in [-0.05, 0) is 6.92 Å². The van der Waals surface area contributed by atoms with Gasteiger partial charge in [0.1, 0.15) is 0 Å². The molecule has 1 amide bonds. The number of amides is 1. The highest BCUT2D eigenvalue weighted by Crippen LogP contribution is 2.37. The van der Waals surface area contributed by atoms with Crippen molar-refractivity contribution in [3.63, 3.8) is 0 Å². The smallest absolute Gasteiger partial charge is 0.377 e. The quantitative estimate of drug-likeness (QED) is 0.656. The number of hydrogen-bond acceptors (Lipinski definition) is 2. The van der Waals surface area contributed by atoms with Crippen LogP contribution in [0.5, 0.6) is 0 Å². The molecular formula is C8H10F5NO2. The molecule has 1 aliphatic heterocycles. The van der Waals surface area contributed by atoms with Crippen molar-refractivity contribution >= 4 is 5.91 Å². The minimum absolute atomic E-state index is 0.0377. The maximum atomic E-state index is 12.7. The van der Waals surface area contributed by atoms with E-state index in [9.17, 15) is 26.7 Å². The summed E-state index contributed by atoms with van der Waals surface area (Å²) in [5, 5.41) is 0. The zero-order valence-corrected chi connectivity index (χ0v) is 8.35. The van der Waals surface area contributed by atoms with Crippen molar-refractivity contribution < 1.29 is 31.5 Å². The van der Waals surface area contributed by atoms with E-state index in [1.807, 2.05) is 0 Å². The van der Waals surface area contributed by atoms with Crippen molar-refractivity contribution in [2.24, 2.45) is 0 Å². The maximum absolute atomic E-state index is 12.7. The summed E-state index contributed by atoms with van der Waals surface area (Å²) in [6.45, 7) is 1.01. The van der Waals surface area contributed by atoms with Crippen molar-refractivity contribution in [2.75, 3.05) is 19.8 Å². The Hall–Kier alpha value is -0.920. The van der Waals surface area contributed by atoms with E-state index in [1.165, 1.54) is 6.92 Å². The molecule has 0 saturated carbocycles. The van der Waals surface area contributed by atoms with E-state index in [4.69, 9.17) is 4.74 Å². The Morgan fingerprint density at radius 3 is 2.31 bits per heavy atom. The number of rotatable bonds is 1. The Morgan fingerprint density at radius 1 is 1.31 bits per heavy atom. The third-order valence-corrected chi connectivity index (χ3v) is 2.25. The summed E-state index contributed by atoms with van der Waals surface area (Å²) >= 11 is 0. The molecule has 0 bridgehead atoms. The van der Waals surface area contributed by atoms with Crippen LogP contribution in [0, 0.1) is 0 Å². The maximum Gasteiger partial charge on any atom is 0.463 e. The van der Waals surface area contributed by atoms with Crippen molar-refractivity contribution in [3.8, 4) is 0 Å². The number of carbonyl (C=O) groups is 1. The highest BCUT2D eigenvalue weighted by atomic mass is 19.4. The molecule has 16 heavy (non-hydrogen) atoms. The lowest BCUT2D eigenvalue weighted by atomic mass is 10.2. The number of nitrogens with zero attached hydrogens (tertiary/aromatic N) is 1. The zero-order valence-electron chi connectivity index (χ0n) is 8.35. The van der Waals surface area contributed by atoms with Gasteiger partial charge in [-0.2, -0.15) is 22.0 Å². The number of morpholine rings is 1. The van der Waals surface area contributed by atoms with Gasteiger partial charge in [0.25, 0.3) is 0 Å². The fraction of sp³-hybridized carbons (Fsp3) is 0.875. The molecule has 0 N–H and O–H groups in total. The summed E-state index contributed by atoms with van der Waals surface area (Å²) in [6.07, 6.45) is -5.86. The average Bonchev–Trinajstić information content (AvgIpc) is 2.15. The van der Waals surface area contributed by atoms with Gasteiger partial charge in [0.05, 0.1) is 19.3 Å². The summed E-state index contributed by atoms with van der Waals surface area (Å²) < 4.78 is 66.1. The van der Waals surface area contributed by atoms with Crippen LogP contribution in [0.2, 0.25) is 0 Å². The molecule has 0 aromatic carbocycles. The van der Waals surface area contributed by atoms with Gasteiger partial charge in [0.15, 0.2) is 0 Å². The van der Waals surface area contributed by atoms with Gasteiger partial charge in [-0.15, -0.1) is 0 Å². The van der Waals surface area contributed by atoms with Crippen LogP contribution in [0.4, 0.5) is 22.0 Å². The summed E-state index contributed by atoms with van der Waals surface area (Å²) in [7, 11) is 0. The van der Waals surface area contributed by atoms with Crippen LogP contribution in [0.25, 0.3) is 0 Å². The number of hydrogen-bond donors (Lipinski definition) is 0. The fourth-order valence-corrected chi connectivity index (χ4v) is 1.33. The normalized spacial score (nSPS) is 23.4. The second-order valence-electron chi connectivity index (χ2n) is 3.49. The van der Waals surface area contributed by atoms with E-state index in [1.54, 1.807) is 0 Å². The van der Waals surface area contributed by atoms with Gasteiger partial charge in [-0.3, -0.25) is 4.79 Å². The number of carbonyl (C=O) groups excluding carboxylic acids is 1. The van der Waals surface area contributed by atoms with Gasteiger partial charge >= 0.3 is 18.0 Å². The molecule has 0 aliphatic carbocycles. The average molecular weight is 247 g/mol. The van der Waals surface area contributed by atoms with E-state index < -0.39 is 24.0 Å². The lowest BCUT2D eigenvalue weighted by molar-refractivity contribution is -0.276. The molecule has 3 nitrogen and oxygen atoms in total. The summed E-state index contributed by atoms with van der Waals surface area (Å²) in [5.41, 5.74) is 0. The Kier molecular flexibility index (Phi) is 3.41. The molecule has 0 aromatic rings. The summed E-state index contributed by atoms with van der Waals surface area (Å²) in [6, 6.07) is -0.783. The lowest BCUT2D eigenvalue weighted by Crippen LogP contribution is -2.57. The Morgan fingerprint density at radius 2 is 1.88 bits per heavy atom. The second kappa shape index (κ2) is 4.15. The molecule has 0 aromatic heterocycles. The first-order valence-electron chi connectivity index (χ1n) is 4.51. The monoisotopic (exact) mass is 247 g/mol. The first-order chi connectivity index (χ1) is 7.18. The van der Waals surface area contributed by atoms with Crippen molar-refractivity contribution in [3.05, 3.63) is 0 Å². The van der Waals surface area contributed by atoms with E-state index in [0.29, 0.717) is 4.90 Å². The highest BCUT2D eigenvalue weighted by molar-refractivity contribution is 5.84. The van der Waals surface area contributed by atoms with Gasteiger partial charge in [-0.25, -0.2) is 0 Å². The van der Waals surface area contributed by atoms with Gasteiger partial charge < -0.3 is 9.64 Å². The minimum Gasteiger partial charge on any atom is -0.377 e. The third-order valence-electron chi connectivity index (χ3n) is 2.25. The minimum atomic E-state index is -5.86. The molecule has 0 radical (unpaired) electrons. The predicted molar refractivity (Wildman–Crippen MR) is 43.0 cm³/mol. The Labute approximate surface area is 88.2 Å². The summed E-state index contributed by atoms with van der Waals surface area (Å²) in [4.78, 5) is 11.6. The number of halogens is 5. The van der Waals surface area contributed by atoms with Crippen molar-refractivity contribution in [1.29, 1.82) is 0 Å². The molecule has 94 valence electrons. The Balaban J connectivity index is 2.84. The largest absolute Gasteiger partial charge is 0.463 e. The third kappa shape index (κ3) is 2.26. The molecular weight excluding hydrogens is 237 g/mol. The fourth-order valence-electron chi connectivity index (χ4n) is 1.33. The molecule has 0 unspecified atom stereocenters. The first-order valence-corrected chi connectivity index (χ1v) is 4.51. The van der Waals surface area contributed by atoms with Crippen LogP contribution in [0.1, 0.15) is 6.92 Å². The predicted octanol–water partition coefficient (Wildman–Crippen LogP) is 1.43. The molecule has 0 spiro atoms. The van der Waals surface area contributed by atoms with Gasteiger partial charge in [-0.1, -0.05) is 0 Å². The molecule has 1 atom stereocenters. The topological polar surface area (TPSA) is 29.5 Å². The molecule has 1 fully saturated rings. The molecule has 1 saturated heterocycles. The van der Waals surface area contributed by atoms with Crippen LogP contribution in [0.3, 0.4) is 0 Å².